The maximum Gasteiger partial charge on any atom is 0.236 e. The summed E-state index contributed by atoms with van der Waals surface area (Å²) in [6.07, 6.45) is 0.523. The Hall–Kier alpha value is -0.350. The van der Waals surface area contributed by atoms with Gasteiger partial charge in [0.25, 0.3) is 0 Å². The van der Waals surface area contributed by atoms with E-state index in [2.05, 4.69) is 9.89 Å². The third-order valence-electron chi connectivity index (χ3n) is 4.68. The highest BCUT2D eigenvalue weighted by molar-refractivity contribution is 8.23. The van der Waals surface area contributed by atoms with Gasteiger partial charge in [-0.3, -0.25) is 14.7 Å². The summed E-state index contributed by atoms with van der Waals surface area (Å²) in [6.45, 7) is 4.42. The van der Waals surface area contributed by atoms with Gasteiger partial charge in [0.15, 0.2) is 5.17 Å². The van der Waals surface area contributed by atoms with Crippen LogP contribution in [0.15, 0.2) is 14.9 Å². The Morgan fingerprint density at radius 1 is 1.46 bits per heavy atom. The Morgan fingerprint density at radius 2 is 2.25 bits per heavy atom. The number of aliphatic hydroxyl groups excluding tert-OH is 2. The Kier molecular flexibility index (Phi) is 4.81. The van der Waals surface area contributed by atoms with Gasteiger partial charge in [-0.25, -0.2) is 0 Å². The molecular weight excluding hydrogens is 366 g/mol. The molecule has 0 bridgehead atoms. The second-order valence-corrected chi connectivity index (χ2v) is 10.1. The van der Waals surface area contributed by atoms with Crippen molar-refractivity contribution in [3.05, 3.63) is 9.93 Å². The normalized spacial score (nSPS) is 31.6. The SMILES string of the molecule is C[C@@H](O)[C@H]1C(=O)N2C(CO)=C(SC3CN(C4=NCCCS4)C3)S[C@H]12. The Bertz CT molecular complexity index is 604. The number of aliphatic imine (C=N–C) groups is 1. The molecule has 2 saturated heterocycles. The van der Waals surface area contributed by atoms with Crippen LogP contribution in [0.1, 0.15) is 13.3 Å². The lowest BCUT2D eigenvalue weighted by Crippen LogP contribution is -2.60. The molecule has 132 valence electrons. The van der Waals surface area contributed by atoms with Crippen LogP contribution < -0.4 is 0 Å². The molecule has 2 N–H and O–H groups in total. The molecule has 3 atom stereocenters. The number of amides is 1. The van der Waals surface area contributed by atoms with E-state index in [1.165, 1.54) is 11.6 Å². The Balaban J connectivity index is 1.37. The second-order valence-electron chi connectivity index (χ2n) is 6.39. The predicted molar refractivity (Wildman–Crippen MR) is 99.8 cm³/mol. The van der Waals surface area contributed by atoms with E-state index in [9.17, 15) is 15.0 Å². The van der Waals surface area contributed by atoms with Crippen LogP contribution in [0, 0.1) is 5.92 Å². The molecule has 9 heteroatoms. The molecule has 0 radical (unpaired) electrons. The van der Waals surface area contributed by atoms with E-state index >= 15 is 0 Å². The van der Waals surface area contributed by atoms with Crippen molar-refractivity contribution >= 4 is 46.4 Å². The first-order valence-corrected chi connectivity index (χ1v) is 10.9. The number of carbonyl (C=O) groups is 1. The maximum absolute atomic E-state index is 12.2. The minimum Gasteiger partial charge on any atom is -0.392 e. The summed E-state index contributed by atoms with van der Waals surface area (Å²) in [5.41, 5.74) is 0.722. The van der Waals surface area contributed by atoms with Gasteiger partial charge in [0.2, 0.25) is 5.91 Å². The van der Waals surface area contributed by atoms with Crippen molar-refractivity contribution in [2.75, 3.05) is 32.0 Å². The smallest absolute Gasteiger partial charge is 0.236 e. The van der Waals surface area contributed by atoms with Crippen molar-refractivity contribution in [1.29, 1.82) is 0 Å². The van der Waals surface area contributed by atoms with Gasteiger partial charge in [-0.05, 0) is 13.3 Å². The van der Waals surface area contributed by atoms with Crippen LogP contribution in [0.3, 0.4) is 0 Å². The number of thioether (sulfide) groups is 3. The lowest BCUT2D eigenvalue weighted by Gasteiger charge is -2.44. The van der Waals surface area contributed by atoms with Crippen LogP contribution in [0.4, 0.5) is 0 Å². The van der Waals surface area contributed by atoms with Crippen LogP contribution in [0.25, 0.3) is 0 Å². The van der Waals surface area contributed by atoms with E-state index in [0.29, 0.717) is 5.25 Å². The number of nitrogens with zero attached hydrogens (tertiary/aromatic N) is 3. The average molecular weight is 388 g/mol. The molecule has 0 aliphatic carbocycles. The Labute approximate surface area is 154 Å². The molecule has 4 rings (SSSR count). The van der Waals surface area contributed by atoms with Gasteiger partial charge in [-0.2, -0.15) is 0 Å². The average Bonchev–Trinajstić information content (AvgIpc) is 2.84. The fourth-order valence-corrected chi connectivity index (χ4v) is 7.67. The lowest BCUT2D eigenvalue weighted by molar-refractivity contribution is -0.152. The number of fused-ring (bicyclic) bond motifs is 1. The number of hydrogen-bond donors (Lipinski definition) is 2. The number of hydrogen-bond acceptors (Lipinski definition) is 8. The van der Waals surface area contributed by atoms with Crippen molar-refractivity contribution in [2.24, 2.45) is 10.9 Å². The maximum atomic E-state index is 12.2. The van der Waals surface area contributed by atoms with Crippen molar-refractivity contribution in [3.8, 4) is 0 Å². The van der Waals surface area contributed by atoms with Crippen molar-refractivity contribution in [3.63, 3.8) is 0 Å². The highest BCUT2D eigenvalue weighted by Crippen LogP contribution is 2.54. The standard InChI is InChI=1S/C15H21N3O3S3/c1-8(20)11-12(21)18-10(7-19)14(24-13(11)18)23-9-5-17(6-9)15-16-3-2-4-22-15/h8-9,11,13,19-20H,2-7H2,1H3/t8-,11+,13-/m1/s1. The molecule has 4 heterocycles. The third kappa shape index (κ3) is 2.78. The summed E-state index contributed by atoms with van der Waals surface area (Å²) in [5.74, 6) is 0.744. The molecule has 0 spiro atoms. The number of carbonyl (C=O) groups excluding carboxylic acids is 1. The molecule has 0 unspecified atom stereocenters. The summed E-state index contributed by atoms with van der Waals surface area (Å²) in [7, 11) is 0. The van der Waals surface area contributed by atoms with Gasteiger partial charge in [0.1, 0.15) is 5.37 Å². The molecule has 0 aromatic rings. The molecule has 0 saturated carbocycles. The van der Waals surface area contributed by atoms with Gasteiger partial charge >= 0.3 is 0 Å². The summed E-state index contributed by atoms with van der Waals surface area (Å²) < 4.78 is 1.04. The largest absolute Gasteiger partial charge is 0.392 e. The minimum absolute atomic E-state index is 0.0448. The van der Waals surface area contributed by atoms with Gasteiger partial charge in [0.05, 0.1) is 28.6 Å². The summed E-state index contributed by atoms with van der Waals surface area (Å²) >= 11 is 5.22. The quantitative estimate of drug-likeness (QED) is 0.696. The van der Waals surface area contributed by atoms with E-state index in [1.54, 1.807) is 35.3 Å². The first-order chi connectivity index (χ1) is 11.6. The molecule has 0 aromatic carbocycles. The summed E-state index contributed by atoms with van der Waals surface area (Å²) in [6, 6.07) is 0. The molecule has 0 aromatic heterocycles. The van der Waals surface area contributed by atoms with Gasteiger partial charge in [-0.1, -0.05) is 23.5 Å². The first-order valence-electron chi connectivity index (χ1n) is 8.21. The molecular formula is C15H21N3O3S3. The van der Waals surface area contributed by atoms with Gasteiger partial charge in [0, 0.05) is 30.6 Å². The van der Waals surface area contributed by atoms with E-state index in [4.69, 9.17) is 0 Å². The summed E-state index contributed by atoms with van der Waals surface area (Å²) in [4.78, 5) is 20.8. The lowest BCUT2D eigenvalue weighted by atomic mass is 9.92. The number of aliphatic hydroxyl groups is 2. The number of rotatable bonds is 4. The van der Waals surface area contributed by atoms with E-state index < -0.39 is 6.10 Å². The molecule has 4 aliphatic rings. The zero-order valence-electron chi connectivity index (χ0n) is 13.4. The van der Waals surface area contributed by atoms with Crippen molar-refractivity contribution < 1.29 is 15.0 Å². The van der Waals surface area contributed by atoms with Crippen LogP contribution >= 0.6 is 35.3 Å². The number of β-lactam (4-membered cyclic amide) rings is 1. The summed E-state index contributed by atoms with van der Waals surface area (Å²) in [5, 5.41) is 21.1. The fraction of sp³-hybridized carbons (Fsp3) is 0.733. The highest BCUT2D eigenvalue weighted by Gasteiger charge is 2.56. The number of amidine groups is 1. The molecule has 4 aliphatic heterocycles. The fourth-order valence-electron chi connectivity index (χ4n) is 3.32. The van der Waals surface area contributed by atoms with Crippen molar-refractivity contribution in [1.82, 2.24) is 9.80 Å². The number of likely N-dealkylation sites (tertiary alicyclic amines) is 1. The van der Waals surface area contributed by atoms with Crippen LogP contribution in [-0.2, 0) is 4.79 Å². The zero-order chi connectivity index (χ0) is 16.8. The monoisotopic (exact) mass is 387 g/mol. The Morgan fingerprint density at radius 3 is 2.88 bits per heavy atom. The second kappa shape index (κ2) is 6.75. The minimum atomic E-state index is -0.643. The molecule has 2 fully saturated rings. The van der Waals surface area contributed by atoms with E-state index in [1.807, 2.05) is 11.8 Å². The van der Waals surface area contributed by atoms with Crippen LogP contribution in [0.2, 0.25) is 0 Å². The van der Waals surface area contributed by atoms with Crippen LogP contribution in [-0.4, -0.2) is 79.8 Å². The molecule has 24 heavy (non-hydrogen) atoms. The molecule has 6 nitrogen and oxygen atoms in total. The molecule has 1 amide bonds. The zero-order valence-corrected chi connectivity index (χ0v) is 15.9. The highest BCUT2D eigenvalue weighted by atomic mass is 32.2. The topological polar surface area (TPSA) is 76.4 Å². The van der Waals surface area contributed by atoms with E-state index in [0.717, 1.165) is 35.3 Å². The third-order valence-corrected chi connectivity index (χ3v) is 8.67. The van der Waals surface area contributed by atoms with Gasteiger partial charge in [-0.15, -0.1) is 11.8 Å². The first kappa shape index (κ1) is 17.1. The van der Waals surface area contributed by atoms with E-state index in [-0.39, 0.29) is 23.8 Å². The predicted octanol–water partition coefficient (Wildman–Crippen LogP) is 0.970. The van der Waals surface area contributed by atoms with Gasteiger partial charge < -0.3 is 15.1 Å². The van der Waals surface area contributed by atoms with Crippen molar-refractivity contribution in [2.45, 2.75) is 30.1 Å². The van der Waals surface area contributed by atoms with Crippen LogP contribution in [0.5, 0.6) is 0 Å².